The van der Waals surface area contributed by atoms with Crippen LogP contribution in [0.15, 0.2) is 45.7 Å². The summed E-state index contributed by atoms with van der Waals surface area (Å²) in [5, 5.41) is 7.84. The van der Waals surface area contributed by atoms with Crippen LogP contribution in [0.4, 0.5) is 23.2 Å². The molecule has 1 amide bonds. The van der Waals surface area contributed by atoms with E-state index in [-0.39, 0.29) is 34.5 Å². The Morgan fingerprint density at radius 1 is 1.19 bits per heavy atom. The number of nitrogens with two attached hydrogens (primary N) is 1. The van der Waals surface area contributed by atoms with Crippen LogP contribution in [-0.2, 0) is 26.5 Å². The van der Waals surface area contributed by atoms with Crippen LogP contribution in [0, 0.1) is 10.6 Å². The highest BCUT2D eigenvalue weighted by Crippen LogP contribution is 2.38. The zero-order chi connectivity index (χ0) is 27.3. The maximum atomic E-state index is 15.2. The van der Waals surface area contributed by atoms with Crippen LogP contribution in [0.2, 0.25) is 0 Å². The minimum atomic E-state index is -4.87. The number of nitrogens with one attached hydrogen (secondary N) is 1. The third kappa shape index (κ3) is 5.59. The highest BCUT2D eigenvalue weighted by Gasteiger charge is 2.36. The average molecular weight is 542 g/mol. The fourth-order valence-electron chi connectivity index (χ4n) is 3.69. The van der Waals surface area contributed by atoms with Gasteiger partial charge in [-0.2, -0.15) is 0 Å². The lowest BCUT2D eigenvalue weighted by Gasteiger charge is -2.25. The summed E-state index contributed by atoms with van der Waals surface area (Å²) in [4.78, 5) is 14.1. The molecule has 14 heteroatoms. The number of benzene rings is 2. The minimum absolute atomic E-state index is 0.0551. The first kappa shape index (κ1) is 26.5. The van der Waals surface area contributed by atoms with E-state index < -0.39 is 50.8 Å². The number of ether oxygens (including phenoxy) is 1. The van der Waals surface area contributed by atoms with Gasteiger partial charge in [0.1, 0.15) is 11.6 Å². The van der Waals surface area contributed by atoms with Crippen LogP contribution in [0.5, 0.6) is 5.75 Å². The van der Waals surface area contributed by atoms with Crippen LogP contribution in [0.25, 0.3) is 11.5 Å². The Labute approximate surface area is 209 Å². The summed E-state index contributed by atoms with van der Waals surface area (Å²) in [5.74, 6) is -2.54. The Balaban J connectivity index is 1.80. The van der Waals surface area contributed by atoms with Crippen LogP contribution >= 0.6 is 0 Å². The highest BCUT2D eigenvalue weighted by molar-refractivity contribution is 7.92. The standard InChI is InChI=1S/C23H23F4N5O4S/c1-22(2,3)21-31-30-19(35-21)14-8-17-18(9-15(14)24)37(29,34)11-16(28)20(33)32(17)10-12-4-6-13(7-5-12)36-23(25,26)27/h4-9,16,29H,10-11,28H2,1-3H3/t16-,37-/m0/s1. The smallest absolute Gasteiger partial charge is 0.420 e. The second-order valence-electron chi connectivity index (χ2n) is 9.53. The van der Waals surface area contributed by atoms with E-state index in [9.17, 15) is 22.2 Å². The number of nitrogens with zero attached hydrogens (tertiary/aromatic N) is 3. The Kier molecular flexibility index (Phi) is 6.53. The van der Waals surface area contributed by atoms with Gasteiger partial charge in [0.2, 0.25) is 11.8 Å². The first-order valence-electron chi connectivity index (χ1n) is 10.9. The van der Waals surface area contributed by atoms with Crippen molar-refractivity contribution in [3.05, 3.63) is 53.7 Å². The Hall–Kier alpha value is -3.52. The van der Waals surface area contributed by atoms with Gasteiger partial charge < -0.3 is 19.8 Å². The third-order valence-electron chi connectivity index (χ3n) is 5.49. The maximum Gasteiger partial charge on any atom is 0.573 e. The molecule has 4 rings (SSSR count). The van der Waals surface area contributed by atoms with E-state index in [0.717, 1.165) is 23.1 Å². The first-order valence-corrected chi connectivity index (χ1v) is 12.6. The zero-order valence-electron chi connectivity index (χ0n) is 19.9. The molecule has 1 aliphatic heterocycles. The van der Waals surface area contributed by atoms with E-state index in [0.29, 0.717) is 5.56 Å². The number of carbonyl (C=O) groups excluding carboxylic acids is 1. The second kappa shape index (κ2) is 9.10. The van der Waals surface area contributed by atoms with Crippen molar-refractivity contribution >= 4 is 21.3 Å². The fourth-order valence-corrected chi connectivity index (χ4v) is 5.32. The summed E-state index contributed by atoms with van der Waals surface area (Å²) in [6.45, 7) is 5.24. The van der Waals surface area contributed by atoms with Crippen molar-refractivity contribution < 1.29 is 35.7 Å². The summed E-state index contributed by atoms with van der Waals surface area (Å²) in [7, 11) is -3.69. The van der Waals surface area contributed by atoms with Gasteiger partial charge in [0.15, 0.2) is 0 Å². The van der Waals surface area contributed by atoms with E-state index in [1.165, 1.54) is 18.2 Å². The van der Waals surface area contributed by atoms with E-state index in [1.807, 2.05) is 20.8 Å². The molecular formula is C23H23F4N5O4S. The molecule has 0 bridgehead atoms. The van der Waals surface area contributed by atoms with Crippen LogP contribution < -0.4 is 15.4 Å². The molecule has 37 heavy (non-hydrogen) atoms. The molecule has 0 spiro atoms. The highest BCUT2D eigenvalue weighted by atomic mass is 32.2. The van der Waals surface area contributed by atoms with Gasteiger partial charge in [0.25, 0.3) is 5.89 Å². The number of rotatable bonds is 4. The topological polar surface area (TPSA) is 135 Å². The average Bonchev–Trinajstić information content (AvgIpc) is 3.25. The van der Waals surface area contributed by atoms with Gasteiger partial charge in [0, 0.05) is 5.41 Å². The van der Waals surface area contributed by atoms with Crippen LogP contribution in [0.1, 0.15) is 32.2 Å². The molecule has 0 fully saturated rings. The lowest BCUT2D eigenvalue weighted by atomic mass is 9.97. The largest absolute Gasteiger partial charge is 0.573 e. The van der Waals surface area contributed by atoms with Gasteiger partial charge >= 0.3 is 6.36 Å². The van der Waals surface area contributed by atoms with Gasteiger partial charge in [-0.15, -0.1) is 23.4 Å². The predicted molar refractivity (Wildman–Crippen MR) is 125 cm³/mol. The molecule has 3 N–H and O–H groups in total. The zero-order valence-corrected chi connectivity index (χ0v) is 20.7. The molecule has 3 aromatic rings. The monoisotopic (exact) mass is 541 g/mol. The number of hydrogen-bond acceptors (Lipinski definition) is 8. The molecule has 2 aromatic carbocycles. The van der Waals surface area contributed by atoms with E-state index in [4.69, 9.17) is 14.9 Å². The number of hydrogen-bond donors (Lipinski definition) is 2. The number of anilines is 1. The predicted octanol–water partition coefficient (Wildman–Crippen LogP) is 4.35. The number of halogens is 4. The van der Waals surface area contributed by atoms with Crippen LogP contribution in [-0.4, -0.2) is 38.5 Å². The van der Waals surface area contributed by atoms with Crippen molar-refractivity contribution in [2.24, 2.45) is 5.73 Å². The van der Waals surface area contributed by atoms with Crippen molar-refractivity contribution in [1.29, 1.82) is 4.78 Å². The summed E-state index contributed by atoms with van der Waals surface area (Å²) < 4.78 is 83.7. The minimum Gasteiger partial charge on any atom is -0.420 e. The molecule has 0 unspecified atom stereocenters. The molecule has 1 aliphatic rings. The van der Waals surface area contributed by atoms with Crippen molar-refractivity contribution in [3.8, 4) is 17.2 Å². The summed E-state index contributed by atoms with van der Waals surface area (Å²) in [6.07, 6.45) is -4.87. The lowest BCUT2D eigenvalue weighted by Crippen LogP contribution is -2.45. The number of amides is 1. The fraction of sp³-hybridized carbons (Fsp3) is 0.348. The number of fused-ring (bicyclic) bond motifs is 1. The van der Waals surface area contributed by atoms with Crippen molar-refractivity contribution in [2.75, 3.05) is 10.7 Å². The Morgan fingerprint density at radius 2 is 1.84 bits per heavy atom. The lowest BCUT2D eigenvalue weighted by molar-refractivity contribution is -0.274. The number of aromatic nitrogens is 2. The van der Waals surface area contributed by atoms with Gasteiger partial charge in [-0.1, -0.05) is 32.9 Å². The molecule has 0 aliphatic carbocycles. The molecule has 198 valence electrons. The molecule has 2 atom stereocenters. The van der Waals surface area contributed by atoms with Crippen molar-refractivity contribution in [1.82, 2.24) is 10.2 Å². The normalized spacial score (nSPS) is 20.5. The quantitative estimate of drug-likeness (QED) is 0.469. The SMILES string of the molecule is CC(C)(C)c1nnc(-c2cc3c(cc2F)[S@@](=N)(=O)C[C@H](N)C(=O)N3Cc2ccc(OC(F)(F)F)cc2)o1. The van der Waals surface area contributed by atoms with E-state index in [1.54, 1.807) is 0 Å². The maximum absolute atomic E-state index is 15.2. The van der Waals surface area contributed by atoms with Gasteiger partial charge in [-0.25, -0.2) is 13.4 Å². The van der Waals surface area contributed by atoms with Gasteiger partial charge in [0.05, 0.1) is 44.2 Å². The second-order valence-corrected chi connectivity index (χ2v) is 11.7. The van der Waals surface area contributed by atoms with E-state index >= 15 is 4.39 Å². The van der Waals surface area contributed by atoms with Crippen LogP contribution in [0.3, 0.4) is 0 Å². The molecular weight excluding hydrogens is 518 g/mol. The molecule has 0 saturated carbocycles. The van der Waals surface area contributed by atoms with Gasteiger partial charge in [-0.3, -0.25) is 4.79 Å². The molecule has 1 aromatic heterocycles. The van der Waals surface area contributed by atoms with Crippen molar-refractivity contribution in [2.45, 2.75) is 50.0 Å². The van der Waals surface area contributed by atoms with E-state index in [2.05, 4.69) is 14.9 Å². The number of carbonyl (C=O) groups is 1. The van der Waals surface area contributed by atoms with Crippen molar-refractivity contribution in [3.63, 3.8) is 0 Å². The molecule has 0 saturated heterocycles. The first-order chi connectivity index (χ1) is 17.0. The number of alkyl halides is 3. The summed E-state index contributed by atoms with van der Waals surface area (Å²) >= 11 is 0. The summed E-state index contributed by atoms with van der Waals surface area (Å²) in [5.41, 5.74) is 5.55. The Bertz CT molecular complexity index is 1450. The van der Waals surface area contributed by atoms with Gasteiger partial charge in [-0.05, 0) is 29.8 Å². The molecule has 9 nitrogen and oxygen atoms in total. The molecule has 0 radical (unpaired) electrons. The third-order valence-corrected chi connectivity index (χ3v) is 7.35. The summed E-state index contributed by atoms with van der Waals surface area (Å²) in [6, 6.07) is 5.49. The molecule has 2 heterocycles. The Morgan fingerprint density at radius 3 is 2.41 bits per heavy atom.